The lowest BCUT2D eigenvalue weighted by molar-refractivity contribution is -0.384. The topological polar surface area (TPSA) is 154 Å². The van der Waals surface area contributed by atoms with E-state index in [4.69, 9.17) is 0 Å². The van der Waals surface area contributed by atoms with E-state index in [9.17, 15) is 29.8 Å². The van der Waals surface area contributed by atoms with E-state index in [1.807, 2.05) is 54.6 Å². The normalized spacial score (nSPS) is 14.0. The highest BCUT2D eigenvalue weighted by atomic mass is 32.2. The molecule has 2 atom stereocenters. The van der Waals surface area contributed by atoms with Gasteiger partial charge in [0.05, 0.1) is 10.5 Å². The fourth-order valence-corrected chi connectivity index (χ4v) is 9.03. The van der Waals surface area contributed by atoms with E-state index < -0.39 is 22.0 Å². The van der Waals surface area contributed by atoms with Gasteiger partial charge in [-0.25, -0.2) is 0 Å². The number of hydrogen-bond acceptors (Lipinski definition) is 8. The van der Waals surface area contributed by atoms with Crippen LogP contribution in [0.1, 0.15) is 60.6 Å². The number of rotatable bonds is 12. The predicted octanol–water partition coefficient (Wildman–Crippen LogP) is 9.68. The molecule has 1 aromatic heterocycles. The Labute approximate surface area is 337 Å². The summed E-state index contributed by atoms with van der Waals surface area (Å²) in [4.78, 5) is 53.6. The van der Waals surface area contributed by atoms with Crippen molar-refractivity contribution < 1.29 is 19.3 Å². The van der Waals surface area contributed by atoms with E-state index >= 15 is 0 Å². The summed E-state index contributed by atoms with van der Waals surface area (Å²) < 4.78 is 0. The fourth-order valence-electron chi connectivity index (χ4n) is 6.66. The largest absolute Gasteiger partial charge is 0.321 e. The molecule has 6 aromatic rings. The molecule has 5 aromatic carbocycles. The van der Waals surface area contributed by atoms with Crippen LogP contribution in [-0.4, -0.2) is 22.6 Å². The molecule has 0 saturated carbocycles. The van der Waals surface area contributed by atoms with Gasteiger partial charge in [0, 0.05) is 33.2 Å². The van der Waals surface area contributed by atoms with Crippen molar-refractivity contribution in [2.24, 2.45) is 0 Å². The van der Waals surface area contributed by atoms with Crippen LogP contribution in [0.5, 0.6) is 0 Å². The fraction of sp³-hybridized carbons (Fsp3) is 0.111. The molecule has 57 heavy (non-hydrogen) atoms. The van der Waals surface area contributed by atoms with E-state index in [1.54, 1.807) is 48.5 Å². The molecule has 2 unspecified atom stereocenters. The Kier molecular flexibility index (Phi) is 12.0. The monoisotopic (exact) mass is 789 g/mol. The molecule has 12 heteroatoms. The van der Waals surface area contributed by atoms with Crippen molar-refractivity contribution in [2.45, 2.75) is 35.3 Å². The first kappa shape index (κ1) is 38.5. The van der Waals surface area contributed by atoms with Gasteiger partial charge in [-0.3, -0.25) is 24.5 Å². The third-order valence-electron chi connectivity index (χ3n) is 9.51. The van der Waals surface area contributed by atoms with E-state index in [1.165, 1.54) is 59.0 Å². The number of benzene rings is 5. The van der Waals surface area contributed by atoms with Crippen molar-refractivity contribution in [1.82, 2.24) is 5.32 Å². The number of nitrogens with zero attached hydrogens (tertiary/aromatic N) is 2. The van der Waals surface area contributed by atoms with Crippen molar-refractivity contribution in [1.29, 1.82) is 5.26 Å². The second kappa shape index (κ2) is 17.8. The molecular weight excluding hydrogens is 755 g/mol. The summed E-state index contributed by atoms with van der Waals surface area (Å²) in [5.74, 6) is -1.08. The standard InChI is InChI=1S/C45H35N5O5S2/c46-28-38-37-24-21-33(30-11-4-1-5-12-30)26-40(37)57-45(38)49-44(53)41(31-13-6-2-7-14-31)56-36-18-10-17-34(27-36)47-43(52)39(48-42(51)32-15-8-3-9-16-32)25-29-19-22-35(23-20-29)50(54)55/h1-20,22-23,25,27,33,41H,21,24,26H2,(H,47,52)(H,48,51)(H,49,53)/b39-25+. The van der Waals surface area contributed by atoms with Gasteiger partial charge < -0.3 is 16.0 Å². The highest BCUT2D eigenvalue weighted by Gasteiger charge is 2.29. The van der Waals surface area contributed by atoms with Gasteiger partial charge in [-0.2, -0.15) is 5.26 Å². The number of nitriles is 1. The average Bonchev–Trinajstić information content (AvgIpc) is 3.59. The van der Waals surface area contributed by atoms with E-state index in [-0.39, 0.29) is 17.3 Å². The van der Waals surface area contributed by atoms with Crippen LogP contribution in [0.3, 0.4) is 0 Å². The zero-order valence-corrected chi connectivity index (χ0v) is 32.0. The summed E-state index contributed by atoms with van der Waals surface area (Å²) in [6.07, 6.45) is 3.94. The molecule has 1 heterocycles. The maximum absolute atomic E-state index is 14.2. The van der Waals surface area contributed by atoms with Crippen LogP contribution in [0, 0.1) is 21.4 Å². The van der Waals surface area contributed by atoms with Gasteiger partial charge in [0.25, 0.3) is 17.5 Å². The summed E-state index contributed by atoms with van der Waals surface area (Å²) in [5.41, 5.74) is 4.58. The highest BCUT2D eigenvalue weighted by Crippen LogP contribution is 2.44. The maximum atomic E-state index is 14.2. The molecule has 7 rings (SSSR count). The summed E-state index contributed by atoms with van der Waals surface area (Å²) in [6, 6.07) is 43.1. The molecule has 0 aliphatic heterocycles. The first-order valence-corrected chi connectivity index (χ1v) is 19.8. The number of nitro groups is 1. The van der Waals surface area contributed by atoms with Gasteiger partial charge in [0.1, 0.15) is 22.0 Å². The number of anilines is 2. The molecule has 0 radical (unpaired) electrons. The Hall–Kier alpha value is -6.81. The molecule has 0 bridgehead atoms. The average molecular weight is 790 g/mol. The van der Waals surface area contributed by atoms with Crippen LogP contribution in [-0.2, 0) is 22.4 Å². The summed E-state index contributed by atoms with van der Waals surface area (Å²) in [5, 5.41) is 29.9. The minimum atomic E-state index is -0.706. The van der Waals surface area contributed by atoms with E-state index in [0.717, 1.165) is 35.3 Å². The Morgan fingerprint density at radius 3 is 2.23 bits per heavy atom. The molecular formula is C45H35N5O5S2. The molecule has 3 N–H and O–H groups in total. The lowest BCUT2D eigenvalue weighted by atomic mass is 9.83. The first-order valence-electron chi connectivity index (χ1n) is 18.1. The molecule has 1 aliphatic rings. The van der Waals surface area contributed by atoms with Gasteiger partial charge in [0.15, 0.2) is 0 Å². The van der Waals surface area contributed by atoms with Gasteiger partial charge >= 0.3 is 0 Å². The van der Waals surface area contributed by atoms with Crippen molar-refractivity contribution in [3.8, 4) is 6.07 Å². The predicted molar refractivity (Wildman–Crippen MR) is 224 cm³/mol. The van der Waals surface area contributed by atoms with Crippen LogP contribution in [0.4, 0.5) is 16.4 Å². The number of thioether (sulfide) groups is 1. The van der Waals surface area contributed by atoms with Crippen LogP contribution in [0.15, 0.2) is 150 Å². The zero-order valence-electron chi connectivity index (χ0n) is 30.4. The third-order valence-corrected chi connectivity index (χ3v) is 11.9. The number of carbonyl (C=O) groups excluding carboxylic acids is 3. The van der Waals surface area contributed by atoms with Crippen LogP contribution in [0.25, 0.3) is 6.08 Å². The highest BCUT2D eigenvalue weighted by molar-refractivity contribution is 8.00. The number of carbonyl (C=O) groups is 3. The zero-order chi connectivity index (χ0) is 39.7. The number of fused-ring (bicyclic) bond motifs is 1. The second-order valence-electron chi connectivity index (χ2n) is 13.3. The first-order chi connectivity index (χ1) is 27.7. The Morgan fingerprint density at radius 1 is 0.860 bits per heavy atom. The molecule has 3 amide bonds. The van der Waals surface area contributed by atoms with Crippen molar-refractivity contribution in [2.75, 3.05) is 10.6 Å². The lowest BCUT2D eigenvalue weighted by Gasteiger charge is -2.22. The minimum Gasteiger partial charge on any atom is -0.321 e. The SMILES string of the molecule is N#Cc1c(NC(=O)C(Sc2cccc(NC(=O)/C(=C\c3ccc([N+](=O)[O-])cc3)NC(=O)c3ccccc3)c2)c2ccccc2)sc2c1CCC(c1ccccc1)C2. The Balaban J connectivity index is 1.11. The lowest BCUT2D eigenvalue weighted by Crippen LogP contribution is -2.30. The van der Waals surface area contributed by atoms with Crippen molar-refractivity contribution >= 4 is 63.3 Å². The number of non-ortho nitro benzene ring substituents is 1. The van der Waals surface area contributed by atoms with E-state index in [0.29, 0.717) is 38.2 Å². The van der Waals surface area contributed by atoms with Crippen molar-refractivity contribution in [3.05, 3.63) is 194 Å². The molecule has 0 spiro atoms. The summed E-state index contributed by atoms with van der Waals surface area (Å²) >= 11 is 2.77. The third kappa shape index (κ3) is 9.36. The van der Waals surface area contributed by atoms with Crippen LogP contribution >= 0.6 is 23.1 Å². The molecule has 1 aliphatic carbocycles. The summed E-state index contributed by atoms with van der Waals surface area (Å²) in [6.45, 7) is 0. The molecule has 0 fully saturated rings. The molecule has 282 valence electrons. The summed E-state index contributed by atoms with van der Waals surface area (Å²) in [7, 11) is 0. The number of thiophene rings is 1. The minimum absolute atomic E-state index is 0.0840. The Morgan fingerprint density at radius 2 is 1.54 bits per heavy atom. The quantitative estimate of drug-likeness (QED) is 0.0483. The number of nitro benzene ring substituents is 1. The number of hydrogen-bond donors (Lipinski definition) is 3. The van der Waals surface area contributed by atoms with Crippen molar-refractivity contribution in [3.63, 3.8) is 0 Å². The molecule has 0 saturated heterocycles. The van der Waals surface area contributed by atoms with E-state index in [2.05, 4.69) is 34.2 Å². The number of amides is 3. The molecule has 10 nitrogen and oxygen atoms in total. The maximum Gasteiger partial charge on any atom is 0.272 e. The van der Waals surface area contributed by atoms with Gasteiger partial charge in [-0.05, 0) is 96.0 Å². The van der Waals surface area contributed by atoms with Gasteiger partial charge in [-0.1, -0.05) is 84.9 Å². The van der Waals surface area contributed by atoms with Gasteiger partial charge in [0.2, 0.25) is 5.91 Å². The van der Waals surface area contributed by atoms with Crippen LogP contribution in [0.2, 0.25) is 0 Å². The smallest absolute Gasteiger partial charge is 0.272 e. The van der Waals surface area contributed by atoms with Crippen LogP contribution < -0.4 is 16.0 Å². The van der Waals surface area contributed by atoms with Gasteiger partial charge in [-0.15, -0.1) is 23.1 Å². The number of nitrogens with one attached hydrogen (secondary N) is 3. The second-order valence-corrected chi connectivity index (χ2v) is 15.6. The Bertz CT molecular complexity index is 2500.